The lowest BCUT2D eigenvalue weighted by molar-refractivity contribution is -0.128. The van der Waals surface area contributed by atoms with E-state index in [1.54, 1.807) is 0 Å². The van der Waals surface area contributed by atoms with Gasteiger partial charge >= 0.3 is 5.97 Å². The fourth-order valence-electron chi connectivity index (χ4n) is 0.0687. The maximum absolute atomic E-state index is 9.48. The molecule has 0 unspecified atom stereocenters. The summed E-state index contributed by atoms with van der Waals surface area (Å²) in [5, 5.41) is 7.77. The summed E-state index contributed by atoms with van der Waals surface area (Å²) < 4.78 is 10.7. The Balaban J connectivity index is 3.26. The van der Waals surface area contributed by atoms with Crippen molar-refractivity contribution < 1.29 is 14.5 Å². The molecule has 0 aliphatic rings. The third-order valence-electron chi connectivity index (χ3n) is 0.210. The van der Waals surface area contributed by atoms with Crippen LogP contribution in [-0.2, 0) is 4.79 Å². The second-order valence-electron chi connectivity index (χ2n) is 0.654. The van der Waals surface area contributed by atoms with E-state index in [0.29, 0.717) is 6.21 Å². The number of aliphatic carboxylic acids is 1. The average molecular weight is 121 g/mol. The topological polar surface area (TPSA) is 69.9 Å². The molecule has 0 bridgehead atoms. The van der Waals surface area contributed by atoms with Gasteiger partial charge in [0.05, 0.1) is 0 Å². The van der Waals surface area contributed by atoms with Gasteiger partial charge in [-0.2, -0.15) is 4.40 Å². The fraction of sp³-hybridized carbons (Fsp3) is 0. The first-order valence-corrected chi connectivity index (χ1v) is 2.07. The minimum Gasteiger partial charge on any atom is -0.477 e. The largest absolute Gasteiger partial charge is 0.477 e. The van der Waals surface area contributed by atoms with Crippen LogP contribution in [0.4, 0.5) is 0 Å². The average Bonchev–Trinajstić information content (AvgIpc) is 1.61. The highest BCUT2D eigenvalue weighted by atomic mass is 32.2. The standard InChI is InChI=1S/C2H3NO3S/c4-2(5)1-3-7-6/h1,6H,(H,4,5)/b3-1+. The van der Waals surface area contributed by atoms with Gasteiger partial charge in [0, 0.05) is 0 Å². The summed E-state index contributed by atoms with van der Waals surface area (Å²) in [6.07, 6.45) is 0.602. The second-order valence-corrected chi connectivity index (χ2v) is 1.03. The number of carbonyl (C=O) groups is 1. The zero-order valence-corrected chi connectivity index (χ0v) is 4.05. The SMILES string of the molecule is O=C(O)/C=N/SO. The Morgan fingerprint density at radius 2 is 2.43 bits per heavy atom. The van der Waals surface area contributed by atoms with E-state index in [1.807, 2.05) is 0 Å². The normalized spacial score (nSPS) is 9.86. The van der Waals surface area contributed by atoms with Gasteiger partial charge in [-0.05, 0) is 0 Å². The van der Waals surface area contributed by atoms with Crippen molar-refractivity contribution in [2.45, 2.75) is 0 Å². The molecule has 5 heteroatoms. The maximum atomic E-state index is 9.48. The lowest BCUT2D eigenvalue weighted by atomic mass is 10.8. The second kappa shape index (κ2) is 3.63. The van der Waals surface area contributed by atoms with Crippen molar-refractivity contribution in [3.63, 3.8) is 0 Å². The molecule has 0 radical (unpaired) electrons. The van der Waals surface area contributed by atoms with Crippen molar-refractivity contribution in [3.05, 3.63) is 0 Å². The first-order valence-electron chi connectivity index (χ1n) is 1.34. The first kappa shape index (κ1) is 6.45. The Hall–Kier alpha value is -0.550. The zero-order chi connectivity index (χ0) is 5.70. The molecule has 0 heterocycles. The van der Waals surface area contributed by atoms with E-state index in [4.69, 9.17) is 9.66 Å². The lowest BCUT2D eigenvalue weighted by Crippen LogP contribution is -1.92. The van der Waals surface area contributed by atoms with E-state index < -0.39 is 5.97 Å². The van der Waals surface area contributed by atoms with Crippen LogP contribution in [0.5, 0.6) is 0 Å². The Labute approximate surface area is 44.2 Å². The minimum absolute atomic E-state index is 0.119. The van der Waals surface area contributed by atoms with Gasteiger partial charge in [0.15, 0.2) is 0 Å². The molecule has 0 rings (SSSR count). The van der Waals surface area contributed by atoms with Crippen molar-refractivity contribution in [1.82, 2.24) is 0 Å². The highest BCUT2D eigenvalue weighted by Gasteiger charge is 1.82. The molecule has 0 atom stereocenters. The van der Waals surface area contributed by atoms with E-state index in [-0.39, 0.29) is 12.2 Å². The minimum atomic E-state index is -1.17. The number of hydrogen-bond donors (Lipinski definition) is 2. The number of rotatable bonds is 2. The van der Waals surface area contributed by atoms with Crippen LogP contribution in [0.25, 0.3) is 0 Å². The van der Waals surface area contributed by atoms with E-state index in [9.17, 15) is 4.79 Å². The summed E-state index contributed by atoms with van der Waals surface area (Å²) >= 11 is 0.119. The number of carboxylic acids is 1. The van der Waals surface area contributed by atoms with E-state index in [1.165, 1.54) is 0 Å². The number of hydrogen-bond acceptors (Lipinski definition) is 4. The summed E-state index contributed by atoms with van der Waals surface area (Å²) in [5.41, 5.74) is 0. The van der Waals surface area contributed by atoms with Crippen LogP contribution < -0.4 is 0 Å². The monoisotopic (exact) mass is 121 g/mol. The van der Waals surface area contributed by atoms with Gasteiger partial charge in [-0.25, -0.2) is 4.79 Å². The fourth-order valence-corrected chi connectivity index (χ4v) is 0.206. The molecular weight excluding hydrogens is 118 g/mol. The predicted molar refractivity (Wildman–Crippen MR) is 26.3 cm³/mol. The molecular formula is C2H3NO3S. The molecule has 0 aromatic heterocycles. The number of carboxylic acid groups (broad SMARTS) is 1. The van der Waals surface area contributed by atoms with Crippen molar-refractivity contribution in [1.29, 1.82) is 0 Å². The Morgan fingerprint density at radius 3 is 2.57 bits per heavy atom. The van der Waals surface area contributed by atoms with Gasteiger partial charge in [0.25, 0.3) is 0 Å². The summed E-state index contributed by atoms with van der Waals surface area (Å²) in [6, 6.07) is 0. The molecule has 0 spiro atoms. The van der Waals surface area contributed by atoms with Crippen LogP contribution in [0.1, 0.15) is 0 Å². The molecule has 0 aliphatic carbocycles. The molecule has 4 nitrogen and oxygen atoms in total. The summed E-state index contributed by atoms with van der Waals surface area (Å²) in [7, 11) is 0. The van der Waals surface area contributed by atoms with E-state index in [0.717, 1.165) is 0 Å². The molecule has 7 heavy (non-hydrogen) atoms. The number of nitrogens with zero attached hydrogens (tertiary/aromatic N) is 1. The van der Waals surface area contributed by atoms with Crippen molar-refractivity contribution in [2.75, 3.05) is 0 Å². The van der Waals surface area contributed by atoms with E-state index >= 15 is 0 Å². The molecule has 0 aliphatic heterocycles. The van der Waals surface area contributed by atoms with Crippen LogP contribution in [0.3, 0.4) is 0 Å². The molecule has 0 fully saturated rings. The Kier molecular flexibility index (Phi) is 3.35. The zero-order valence-electron chi connectivity index (χ0n) is 3.24. The molecule has 0 aromatic carbocycles. The molecule has 0 amide bonds. The van der Waals surface area contributed by atoms with Gasteiger partial charge < -0.3 is 9.66 Å². The van der Waals surface area contributed by atoms with Crippen LogP contribution in [-0.4, -0.2) is 21.8 Å². The van der Waals surface area contributed by atoms with Gasteiger partial charge in [0.2, 0.25) is 0 Å². The molecule has 40 valence electrons. The van der Waals surface area contributed by atoms with Crippen LogP contribution in [0.2, 0.25) is 0 Å². The van der Waals surface area contributed by atoms with Gasteiger partial charge in [0.1, 0.15) is 18.4 Å². The summed E-state index contributed by atoms with van der Waals surface area (Å²) in [4.78, 5) is 9.48. The lowest BCUT2D eigenvalue weighted by Gasteiger charge is -1.72. The first-order chi connectivity index (χ1) is 3.27. The van der Waals surface area contributed by atoms with Crippen molar-refractivity contribution in [3.8, 4) is 0 Å². The Morgan fingerprint density at radius 1 is 1.86 bits per heavy atom. The van der Waals surface area contributed by atoms with Gasteiger partial charge in [-0.3, -0.25) is 0 Å². The molecule has 0 saturated carbocycles. The van der Waals surface area contributed by atoms with Crippen LogP contribution in [0.15, 0.2) is 4.40 Å². The third kappa shape index (κ3) is 5.45. The molecule has 0 saturated heterocycles. The third-order valence-corrected chi connectivity index (χ3v) is 0.410. The van der Waals surface area contributed by atoms with Crippen molar-refractivity contribution in [2.24, 2.45) is 4.40 Å². The smallest absolute Gasteiger partial charge is 0.347 e. The van der Waals surface area contributed by atoms with Gasteiger partial charge in [-0.15, -0.1) is 0 Å². The van der Waals surface area contributed by atoms with Crippen LogP contribution >= 0.6 is 12.2 Å². The quantitative estimate of drug-likeness (QED) is 0.312. The summed E-state index contributed by atoms with van der Waals surface area (Å²) in [6.45, 7) is 0. The van der Waals surface area contributed by atoms with Gasteiger partial charge in [-0.1, -0.05) is 0 Å². The highest BCUT2D eigenvalue weighted by Crippen LogP contribution is 1.87. The van der Waals surface area contributed by atoms with Crippen molar-refractivity contribution >= 4 is 24.4 Å². The van der Waals surface area contributed by atoms with Crippen LogP contribution in [0, 0.1) is 0 Å². The summed E-state index contributed by atoms with van der Waals surface area (Å²) in [5.74, 6) is -1.17. The maximum Gasteiger partial charge on any atom is 0.347 e. The highest BCUT2D eigenvalue weighted by molar-refractivity contribution is 7.92. The Bertz CT molecular complexity index is 90.9. The van der Waals surface area contributed by atoms with E-state index in [2.05, 4.69) is 4.40 Å². The predicted octanol–water partition coefficient (Wildman–Crippen LogP) is 0.263. The molecule has 0 aromatic rings. The molecule has 2 N–H and O–H groups in total.